The van der Waals surface area contributed by atoms with E-state index in [2.05, 4.69) is 0 Å². The largest absolute Gasteiger partial charge is 0.497 e. The second kappa shape index (κ2) is 6.47. The molecule has 116 valence electrons. The molecule has 2 aromatic carbocycles. The third kappa shape index (κ3) is 3.36. The predicted octanol–water partition coefficient (Wildman–Crippen LogP) is 2.97. The summed E-state index contributed by atoms with van der Waals surface area (Å²) in [6, 6.07) is 11.3. The molecule has 0 aliphatic heterocycles. The Morgan fingerprint density at radius 1 is 1.05 bits per heavy atom. The van der Waals surface area contributed by atoms with Crippen LogP contribution in [0.1, 0.15) is 25.3 Å². The summed E-state index contributed by atoms with van der Waals surface area (Å²) in [5, 5.41) is 10.8. The van der Waals surface area contributed by atoms with Gasteiger partial charge in [0.1, 0.15) is 5.75 Å². The van der Waals surface area contributed by atoms with E-state index in [4.69, 9.17) is 14.6 Å². The Labute approximate surface area is 128 Å². The van der Waals surface area contributed by atoms with Crippen molar-refractivity contribution in [2.75, 3.05) is 7.11 Å². The summed E-state index contributed by atoms with van der Waals surface area (Å²) >= 11 is 0. The second-order valence-corrected chi connectivity index (χ2v) is 5.11. The SMILES string of the molecule is COc1ccc2cc([C@H](C)C(=O)O[C@@H](C)C(=O)O)ccc2c1. The van der Waals surface area contributed by atoms with Crippen LogP contribution in [0, 0.1) is 0 Å². The molecule has 5 nitrogen and oxygen atoms in total. The molecule has 0 amide bonds. The van der Waals surface area contributed by atoms with E-state index in [9.17, 15) is 9.59 Å². The summed E-state index contributed by atoms with van der Waals surface area (Å²) in [5.41, 5.74) is 0.778. The van der Waals surface area contributed by atoms with Gasteiger partial charge in [-0.25, -0.2) is 4.79 Å². The molecular formula is C17H18O5. The fourth-order valence-corrected chi connectivity index (χ4v) is 2.10. The van der Waals surface area contributed by atoms with E-state index in [1.54, 1.807) is 14.0 Å². The van der Waals surface area contributed by atoms with Crippen molar-refractivity contribution in [1.82, 2.24) is 0 Å². The van der Waals surface area contributed by atoms with E-state index in [0.29, 0.717) is 0 Å². The molecule has 0 aliphatic carbocycles. The molecule has 0 heterocycles. The first-order valence-electron chi connectivity index (χ1n) is 6.93. The van der Waals surface area contributed by atoms with Crippen LogP contribution in [0.5, 0.6) is 5.75 Å². The molecule has 0 radical (unpaired) electrons. The highest BCUT2D eigenvalue weighted by molar-refractivity contribution is 5.87. The van der Waals surface area contributed by atoms with Gasteiger partial charge in [-0.15, -0.1) is 0 Å². The van der Waals surface area contributed by atoms with Crippen molar-refractivity contribution in [2.24, 2.45) is 0 Å². The fraction of sp³-hybridized carbons (Fsp3) is 0.294. The molecule has 2 aromatic rings. The van der Waals surface area contributed by atoms with Crippen LogP contribution in [0.4, 0.5) is 0 Å². The van der Waals surface area contributed by atoms with E-state index in [1.807, 2.05) is 36.4 Å². The third-order valence-corrected chi connectivity index (χ3v) is 3.57. The van der Waals surface area contributed by atoms with E-state index < -0.39 is 24.0 Å². The summed E-state index contributed by atoms with van der Waals surface area (Å²) in [6.45, 7) is 3.03. The van der Waals surface area contributed by atoms with Gasteiger partial charge in [-0.3, -0.25) is 4.79 Å². The number of aliphatic carboxylic acids is 1. The first-order chi connectivity index (χ1) is 10.4. The zero-order chi connectivity index (χ0) is 16.3. The lowest BCUT2D eigenvalue weighted by Gasteiger charge is -2.15. The number of carboxylic acid groups (broad SMARTS) is 1. The average Bonchev–Trinajstić information content (AvgIpc) is 2.52. The Morgan fingerprint density at radius 3 is 2.32 bits per heavy atom. The quantitative estimate of drug-likeness (QED) is 0.860. The Bertz CT molecular complexity index is 707. The van der Waals surface area contributed by atoms with Gasteiger partial charge >= 0.3 is 11.9 Å². The molecule has 1 N–H and O–H groups in total. The summed E-state index contributed by atoms with van der Waals surface area (Å²) in [4.78, 5) is 22.7. The van der Waals surface area contributed by atoms with Gasteiger partial charge in [-0.2, -0.15) is 0 Å². The van der Waals surface area contributed by atoms with Crippen LogP contribution in [0.3, 0.4) is 0 Å². The fourth-order valence-electron chi connectivity index (χ4n) is 2.10. The summed E-state index contributed by atoms with van der Waals surface area (Å²) in [7, 11) is 1.61. The molecule has 0 spiro atoms. The molecule has 5 heteroatoms. The number of esters is 1. The molecule has 0 aromatic heterocycles. The van der Waals surface area contributed by atoms with Gasteiger partial charge in [0.25, 0.3) is 0 Å². The number of carbonyl (C=O) groups excluding carboxylic acids is 1. The number of ether oxygens (including phenoxy) is 2. The molecule has 0 fully saturated rings. The number of benzene rings is 2. The average molecular weight is 302 g/mol. The van der Waals surface area contributed by atoms with E-state index in [-0.39, 0.29) is 0 Å². The van der Waals surface area contributed by atoms with Gasteiger partial charge in [0.05, 0.1) is 13.0 Å². The maximum atomic E-state index is 12.0. The monoisotopic (exact) mass is 302 g/mol. The van der Waals surface area contributed by atoms with Gasteiger partial charge in [-0.1, -0.05) is 24.3 Å². The lowest BCUT2D eigenvalue weighted by atomic mass is 9.98. The van der Waals surface area contributed by atoms with Gasteiger partial charge in [0.15, 0.2) is 6.10 Å². The van der Waals surface area contributed by atoms with Crippen molar-refractivity contribution in [3.8, 4) is 5.75 Å². The van der Waals surface area contributed by atoms with Crippen LogP contribution >= 0.6 is 0 Å². The Morgan fingerprint density at radius 2 is 1.68 bits per heavy atom. The molecule has 0 unspecified atom stereocenters. The molecule has 0 bridgehead atoms. The van der Waals surface area contributed by atoms with Crippen molar-refractivity contribution in [1.29, 1.82) is 0 Å². The summed E-state index contributed by atoms with van der Waals surface area (Å²) in [5.74, 6) is -1.48. The van der Waals surface area contributed by atoms with Crippen LogP contribution < -0.4 is 4.74 Å². The van der Waals surface area contributed by atoms with Gasteiger partial charge in [-0.05, 0) is 42.3 Å². The van der Waals surface area contributed by atoms with Crippen LogP contribution in [0.15, 0.2) is 36.4 Å². The summed E-state index contributed by atoms with van der Waals surface area (Å²) < 4.78 is 10.1. The number of methoxy groups -OCH3 is 1. The minimum absolute atomic E-state index is 0.534. The van der Waals surface area contributed by atoms with Crippen molar-refractivity contribution in [3.63, 3.8) is 0 Å². The zero-order valence-electron chi connectivity index (χ0n) is 12.7. The number of hydrogen-bond donors (Lipinski definition) is 1. The first-order valence-corrected chi connectivity index (χ1v) is 6.93. The maximum Gasteiger partial charge on any atom is 0.344 e. The second-order valence-electron chi connectivity index (χ2n) is 5.11. The van der Waals surface area contributed by atoms with Gasteiger partial charge in [0, 0.05) is 0 Å². The van der Waals surface area contributed by atoms with Crippen molar-refractivity contribution in [2.45, 2.75) is 25.9 Å². The lowest BCUT2D eigenvalue weighted by molar-refractivity contribution is -0.163. The highest BCUT2D eigenvalue weighted by Gasteiger charge is 2.22. The number of fused-ring (bicyclic) bond motifs is 1. The van der Waals surface area contributed by atoms with E-state index >= 15 is 0 Å². The van der Waals surface area contributed by atoms with Crippen LogP contribution in [0.2, 0.25) is 0 Å². The van der Waals surface area contributed by atoms with Crippen molar-refractivity contribution >= 4 is 22.7 Å². The minimum atomic E-state index is -1.16. The highest BCUT2D eigenvalue weighted by atomic mass is 16.6. The topological polar surface area (TPSA) is 72.8 Å². The van der Waals surface area contributed by atoms with Crippen LogP contribution in [-0.2, 0) is 14.3 Å². The maximum absolute atomic E-state index is 12.0. The smallest absolute Gasteiger partial charge is 0.344 e. The highest BCUT2D eigenvalue weighted by Crippen LogP contribution is 2.26. The van der Waals surface area contributed by atoms with Gasteiger partial charge < -0.3 is 14.6 Å². The number of hydrogen-bond acceptors (Lipinski definition) is 4. The molecule has 2 rings (SSSR count). The summed E-state index contributed by atoms with van der Waals surface area (Å²) in [6.07, 6.45) is -1.15. The van der Waals surface area contributed by atoms with Crippen LogP contribution in [0.25, 0.3) is 10.8 Å². The van der Waals surface area contributed by atoms with Crippen molar-refractivity contribution in [3.05, 3.63) is 42.0 Å². The molecule has 0 saturated carbocycles. The Hall–Kier alpha value is -2.56. The molecule has 2 atom stereocenters. The van der Waals surface area contributed by atoms with E-state index in [1.165, 1.54) is 6.92 Å². The zero-order valence-corrected chi connectivity index (χ0v) is 12.7. The number of carbonyl (C=O) groups is 2. The molecule has 0 aliphatic rings. The normalized spacial score (nSPS) is 13.4. The predicted molar refractivity (Wildman–Crippen MR) is 82.1 cm³/mol. The molecule has 22 heavy (non-hydrogen) atoms. The molecular weight excluding hydrogens is 284 g/mol. The minimum Gasteiger partial charge on any atom is -0.497 e. The number of rotatable bonds is 5. The molecule has 0 saturated heterocycles. The third-order valence-electron chi connectivity index (χ3n) is 3.57. The standard InChI is InChI=1S/C17H18O5/c1-10(17(20)22-11(2)16(18)19)12-4-5-14-9-15(21-3)7-6-13(14)8-12/h4-11H,1-3H3,(H,18,19)/t10-,11-/m0/s1. The van der Waals surface area contributed by atoms with Crippen molar-refractivity contribution < 1.29 is 24.2 Å². The van der Waals surface area contributed by atoms with E-state index in [0.717, 1.165) is 22.1 Å². The Balaban J connectivity index is 2.22. The van der Waals surface area contributed by atoms with Crippen LogP contribution in [-0.4, -0.2) is 30.3 Å². The first kappa shape index (κ1) is 15.8. The Kier molecular flexibility index (Phi) is 4.65. The number of carboxylic acids is 1. The lowest BCUT2D eigenvalue weighted by Crippen LogP contribution is -2.26. The van der Waals surface area contributed by atoms with Gasteiger partial charge in [0.2, 0.25) is 0 Å².